The first kappa shape index (κ1) is 20.0. The van der Waals surface area contributed by atoms with Gasteiger partial charge in [0.1, 0.15) is 11.5 Å². The summed E-state index contributed by atoms with van der Waals surface area (Å²) in [6, 6.07) is 6.39. The van der Waals surface area contributed by atoms with Gasteiger partial charge >= 0.3 is 6.61 Å². The second-order valence-corrected chi connectivity index (χ2v) is 6.65. The molecule has 0 saturated carbocycles. The van der Waals surface area contributed by atoms with Gasteiger partial charge in [-0.3, -0.25) is 9.69 Å². The van der Waals surface area contributed by atoms with Crippen LogP contribution in [0.4, 0.5) is 8.78 Å². The molecule has 1 saturated heterocycles. The Labute approximate surface area is 162 Å². The van der Waals surface area contributed by atoms with Crippen molar-refractivity contribution in [2.24, 2.45) is 0 Å². The zero-order chi connectivity index (χ0) is 20.1. The quantitative estimate of drug-likeness (QED) is 0.708. The van der Waals surface area contributed by atoms with Gasteiger partial charge in [-0.25, -0.2) is 0 Å². The molecule has 1 fully saturated rings. The summed E-state index contributed by atoms with van der Waals surface area (Å²) in [7, 11) is 0. The summed E-state index contributed by atoms with van der Waals surface area (Å²) in [5.74, 6) is 0.721. The first-order chi connectivity index (χ1) is 13.4. The third-order valence-electron chi connectivity index (χ3n) is 4.79. The van der Waals surface area contributed by atoms with E-state index in [2.05, 4.69) is 14.8 Å². The van der Waals surface area contributed by atoms with Crippen molar-refractivity contribution in [3.63, 3.8) is 0 Å². The Morgan fingerprint density at radius 3 is 2.61 bits per heavy atom. The summed E-state index contributed by atoms with van der Waals surface area (Å²) in [4.78, 5) is 16.4. The van der Waals surface area contributed by atoms with Crippen LogP contribution in [-0.2, 0) is 11.3 Å². The molecule has 3 rings (SSSR count). The number of aromatic nitrogens is 1. The Morgan fingerprint density at radius 2 is 1.96 bits per heavy atom. The molecule has 0 N–H and O–H groups in total. The van der Waals surface area contributed by atoms with E-state index in [1.807, 2.05) is 13.8 Å². The average molecular weight is 391 g/mol. The lowest BCUT2D eigenvalue weighted by atomic mass is 10.1. The van der Waals surface area contributed by atoms with Crippen LogP contribution >= 0.6 is 0 Å². The van der Waals surface area contributed by atoms with Gasteiger partial charge in [-0.1, -0.05) is 23.4 Å². The van der Waals surface area contributed by atoms with Crippen LogP contribution in [0.5, 0.6) is 5.75 Å². The molecule has 1 aromatic heterocycles. The molecule has 1 aliphatic rings. The summed E-state index contributed by atoms with van der Waals surface area (Å²) in [5, 5.41) is 3.97. The summed E-state index contributed by atoms with van der Waals surface area (Å²) in [6.45, 7) is 4.35. The van der Waals surface area contributed by atoms with E-state index in [9.17, 15) is 13.6 Å². The molecule has 1 aliphatic heterocycles. The molecule has 6 nitrogen and oxygen atoms in total. The van der Waals surface area contributed by atoms with Crippen molar-refractivity contribution in [2.75, 3.05) is 26.2 Å². The number of halogens is 2. The molecule has 0 atom stereocenters. The Hall–Kier alpha value is -2.74. The van der Waals surface area contributed by atoms with Crippen molar-refractivity contribution in [1.29, 1.82) is 0 Å². The van der Waals surface area contributed by atoms with E-state index >= 15 is 0 Å². The maximum absolute atomic E-state index is 12.5. The van der Waals surface area contributed by atoms with Crippen LogP contribution in [0.15, 0.2) is 34.9 Å². The number of para-hydroxylation sites is 1. The largest absolute Gasteiger partial charge is 0.434 e. The number of aryl methyl sites for hydroxylation is 2. The minimum Gasteiger partial charge on any atom is -0.434 e. The van der Waals surface area contributed by atoms with Crippen molar-refractivity contribution in [3.05, 3.63) is 52.9 Å². The standard InChI is InChI=1S/C20H23F2N3O3/c1-14-17(15(2)28-23-14)13-24-9-11-25(12-10-24)19(26)8-7-16-5-3-4-6-18(16)27-20(21)22/h3-8,20H,9-13H2,1-2H3. The van der Waals surface area contributed by atoms with Gasteiger partial charge in [0, 0.05) is 49.9 Å². The fourth-order valence-corrected chi connectivity index (χ4v) is 3.17. The number of benzene rings is 1. The van der Waals surface area contributed by atoms with E-state index in [0.29, 0.717) is 18.7 Å². The van der Waals surface area contributed by atoms with Gasteiger partial charge in [-0.15, -0.1) is 0 Å². The number of amides is 1. The van der Waals surface area contributed by atoms with Gasteiger partial charge in [0.2, 0.25) is 5.91 Å². The van der Waals surface area contributed by atoms with Gasteiger partial charge in [-0.2, -0.15) is 8.78 Å². The van der Waals surface area contributed by atoms with Gasteiger partial charge in [-0.05, 0) is 26.0 Å². The zero-order valence-corrected chi connectivity index (χ0v) is 15.9. The number of hydrogen-bond donors (Lipinski definition) is 0. The number of carbonyl (C=O) groups excluding carboxylic acids is 1. The fraction of sp³-hybridized carbons (Fsp3) is 0.400. The van der Waals surface area contributed by atoms with Crippen LogP contribution in [0.25, 0.3) is 6.08 Å². The number of rotatable bonds is 6. The number of alkyl halides is 2. The topological polar surface area (TPSA) is 58.8 Å². The van der Waals surface area contributed by atoms with Crippen molar-refractivity contribution in [2.45, 2.75) is 27.0 Å². The molecule has 0 radical (unpaired) electrons. The number of hydrogen-bond acceptors (Lipinski definition) is 5. The summed E-state index contributed by atoms with van der Waals surface area (Å²) < 4.78 is 34.6. The van der Waals surface area contributed by atoms with Crippen molar-refractivity contribution in [3.8, 4) is 5.75 Å². The molecule has 150 valence electrons. The Bertz CT molecular complexity index is 823. The van der Waals surface area contributed by atoms with E-state index in [0.717, 1.165) is 36.7 Å². The van der Waals surface area contributed by atoms with Crippen LogP contribution in [0.2, 0.25) is 0 Å². The summed E-state index contributed by atoms with van der Waals surface area (Å²) in [6.07, 6.45) is 2.91. The molecule has 2 aromatic rings. The highest BCUT2D eigenvalue weighted by Crippen LogP contribution is 2.22. The third kappa shape index (κ3) is 4.95. The van der Waals surface area contributed by atoms with Crippen LogP contribution < -0.4 is 4.74 Å². The molecule has 2 heterocycles. The van der Waals surface area contributed by atoms with E-state index in [1.54, 1.807) is 23.1 Å². The second-order valence-electron chi connectivity index (χ2n) is 6.65. The lowest BCUT2D eigenvalue weighted by Crippen LogP contribution is -2.47. The first-order valence-electron chi connectivity index (χ1n) is 9.09. The van der Waals surface area contributed by atoms with Crippen LogP contribution in [0, 0.1) is 13.8 Å². The number of carbonyl (C=O) groups is 1. The fourth-order valence-electron chi connectivity index (χ4n) is 3.17. The number of nitrogens with zero attached hydrogens (tertiary/aromatic N) is 3. The number of piperazine rings is 1. The van der Waals surface area contributed by atoms with Crippen molar-refractivity contribution >= 4 is 12.0 Å². The molecule has 0 unspecified atom stereocenters. The van der Waals surface area contributed by atoms with Crippen LogP contribution in [0.1, 0.15) is 22.6 Å². The molecule has 0 bridgehead atoms. The lowest BCUT2D eigenvalue weighted by molar-refractivity contribution is -0.127. The molecular weight excluding hydrogens is 368 g/mol. The minimum atomic E-state index is -2.91. The van der Waals surface area contributed by atoms with E-state index in [4.69, 9.17) is 4.52 Å². The van der Waals surface area contributed by atoms with Gasteiger partial charge < -0.3 is 14.2 Å². The summed E-state index contributed by atoms with van der Waals surface area (Å²) in [5.41, 5.74) is 2.42. The van der Waals surface area contributed by atoms with Crippen molar-refractivity contribution < 1.29 is 22.8 Å². The highest BCUT2D eigenvalue weighted by molar-refractivity contribution is 5.92. The Morgan fingerprint density at radius 1 is 1.25 bits per heavy atom. The lowest BCUT2D eigenvalue weighted by Gasteiger charge is -2.34. The second kappa shape index (κ2) is 8.97. The van der Waals surface area contributed by atoms with E-state index < -0.39 is 6.61 Å². The minimum absolute atomic E-state index is 0.0471. The Balaban J connectivity index is 1.55. The molecular formula is C20H23F2N3O3. The maximum atomic E-state index is 12.5. The average Bonchev–Trinajstić information content (AvgIpc) is 2.99. The smallest absolute Gasteiger partial charge is 0.387 e. The first-order valence-corrected chi connectivity index (χ1v) is 9.09. The molecule has 8 heteroatoms. The van der Waals surface area contributed by atoms with Crippen molar-refractivity contribution in [1.82, 2.24) is 15.0 Å². The number of ether oxygens (including phenoxy) is 1. The molecule has 0 aliphatic carbocycles. The highest BCUT2D eigenvalue weighted by Gasteiger charge is 2.21. The predicted octanol–water partition coefficient (Wildman–Crippen LogP) is 3.25. The van der Waals surface area contributed by atoms with Gasteiger partial charge in [0.15, 0.2) is 0 Å². The predicted molar refractivity (Wildman–Crippen MR) is 99.9 cm³/mol. The highest BCUT2D eigenvalue weighted by atomic mass is 19.3. The summed E-state index contributed by atoms with van der Waals surface area (Å²) >= 11 is 0. The van der Waals surface area contributed by atoms with Gasteiger partial charge in [0.05, 0.1) is 5.69 Å². The monoisotopic (exact) mass is 391 g/mol. The van der Waals surface area contributed by atoms with E-state index in [-0.39, 0.29) is 11.7 Å². The Kier molecular flexibility index (Phi) is 6.41. The van der Waals surface area contributed by atoms with Crippen LogP contribution in [-0.4, -0.2) is 53.7 Å². The third-order valence-corrected chi connectivity index (χ3v) is 4.79. The molecule has 28 heavy (non-hydrogen) atoms. The normalized spacial score (nSPS) is 15.5. The van der Waals surface area contributed by atoms with Gasteiger partial charge in [0.25, 0.3) is 0 Å². The SMILES string of the molecule is Cc1noc(C)c1CN1CCN(C(=O)C=Cc2ccccc2OC(F)F)CC1. The maximum Gasteiger partial charge on any atom is 0.387 e. The van der Waals surface area contributed by atoms with Crippen LogP contribution in [0.3, 0.4) is 0 Å². The molecule has 1 aromatic carbocycles. The molecule has 0 spiro atoms. The van der Waals surface area contributed by atoms with E-state index in [1.165, 1.54) is 18.2 Å². The molecule has 1 amide bonds. The zero-order valence-electron chi connectivity index (χ0n) is 15.9.